The first-order valence-corrected chi connectivity index (χ1v) is 12.5. The lowest BCUT2D eigenvalue weighted by Gasteiger charge is -2.60. The molecule has 3 aliphatic carbocycles. The van der Waals surface area contributed by atoms with E-state index in [0.29, 0.717) is 23.5 Å². The van der Waals surface area contributed by atoms with Crippen LogP contribution in [0.4, 0.5) is 0 Å². The molecule has 0 aromatic heterocycles. The summed E-state index contributed by atoms with van der Waals surface area (Å²) in [5, 5.41) is 31.2. The lowest BCUT2D eigenvalue weighted by atomic mass is 9.44. The quantitative estimate of drug-likeness (QED) is 0.364. The van der Waals surface area contributed by atoms with E-state index in [9.17, 15) is 15.3 Å². The lowest BCUT2D eigenvalue weighted by Crippen LogP contribution is -2.54. The van der Waals surface area contributed by atoms with E-state index >= 15 is 0 Å². The van der Waals surface area contributed by atoms with Crippen molar-refractivity contribution in [2.75, 3.05) is 0 Å². The first kappa shape index (κ1) is 22.9. The van der Waals surface area contributed by atoms with Crippen LogP contribution in [-0.2, 0) is 6.42 Å². The number of phenols is 1. The molecule has 3 nitrogen and oxygen atoms in total. The van der Waals surface area contributed by atoms with E-state index in [1.54, 1.807) is 0 Å². The largest absolute Gasteiger partial charge is 0.508 e. The summed E-state index contributed by atoms with van der Waals surface area (Å²) in [4.78, 5) is 0. The second-order valence-corrected chi connectivity index (χ2v) is 11.7. The van der Waals surface area contributed by atoms with Gasteiger partial charge in [0, 0.05) is 0 Å². The number of unbranched alkanes of at least 4 members (excludes halogenated alkanes) is 2. The first-order chi connectivity index (χ1) is 14.6. The number of hydrogen-bond acceptors (Lipinski definition) is 3. The molecule has 3 heteroatoms. The normalized spacial score (nSPS) is 37.1. The standard InChI is InChI=1S/C28H42O3/c1-5-28-16-14-19-17-21(29)10-11-22(19)25(28)20(9-7-6-8-15-26(2,3)31)18-27(4)23(28)12-13-24(27)30/h5,10-11,17,20,23-25,29-31H,1,6-9,12-16,18H2,2-4H3/t20?,23-,24+,25-,27+,28?/m1/s1. The van der Waals surface area contributed by atoms with E-state index in [1.807, 2.05) is 26.0 Å². The van der Waals surface area contributed by atoms with Gasteiger partial charge in [0.15, 0.2) is 0 Å². The number of aryl methyl sites for hydroxylation is 1. The van der Waals surface area contributed by atoms with Crippen LogP contribution in [0.3, 0.4) is 0 Å². The van der Waals surface area contributed by atoms with Crippen LogP contribution in [0.2, 0.25) is 0 Å². The first-order valence-electron chi connectivity index (χ1n) is 12.5. The number of benzene rings is 1. The van der Waals surface area contributed by atoms with Gasteiger partial charge < -0.3 is 15.3 Å². The van der Waals surface area contributed by atoms with Gasteiger partial charge in [0.25, 0.3) is 0 Å². The summed E-state index contributed by atoms with van der Waals surface area (Å²) in [6.45, 7) is 10.5. The highest BCUT2D eigenvalue weighted by atomic mass is 16.3. The minimum absolute atomic E-state index is 0.0309. The smallest absolute Gasteiger partial charge is 0.115 e. The molecule has 2 fully saturated rings. The molecule has 0 bridgehead atoms. The molecule has 4 rings (SSSR count). The maximum atomic E-state index is 11.0. The number of allylic oxidation sites excluding steroid dienone is 1. The van der Waals surface area contributed by atoms with Crippen molar-refractivity contribution in [2.45, 2.75) is 103 Å². The van der Waals surface area contributed by atoms with Crippen molar-refractivity contribution in [3.63, 3.8) is 0 Å². The summed E-state index contributed by atoms with van der Waals surface area (Å²) < 4.78 is 0. The monoisotopic (exact) mass is 426 g/mol. The Labute approximate surface area is 188 Å². The zero-order valence-electron chi connectivity index (χ0n) is 19.7. The average molecular weight is 427 g/mol. The molecule has 0 radical (unpaired) electrons. The van der Waals surface area contributed by atoms with Crippen molar-refractivity contribution in [1.29, 1.82) is 0 Å². The predicted molar refractivity (Wildman–Crippen MR) is 126 cm³/mol. The molecule has 0 heterocycles. The van der Waals surface area contributed by atoms with Crippen LogP contribution in [0.15, 0.2) is 30.9 Å². The van der Waals surface area contributed by atoms with E-state index in [-0.39, 0.29) is 16.9 Å². The fourth-order valence-corrected chi connectivity index (χ4v) is 7.83. The number of aliphatic hydroxyl groups is 2. The second kappa shape index (κ2) is 8.23. The minimum atomic E-state index is -0.582. The summed E-state index contributed by atoms with van der Waals surface area (Å²) in [6.07, 6.45) is 12.5. The zero-order valence-corrected chi connectivity index (χ0v) is 19.7. The van der Waals surface area contributed by atoms with Gasteiger partial charge in [0.05, 0.1) is 11.7 Å². The number of phenolic OH excluding ortho intramolecular Hbond substituents is 1. The third-order valence-electron chi connectivity index (χ3n) is 9.22. The Morgan fingerprint density at radius 1 is 1.19 bits per heavy atom. The minimum Gasteiger partial charge on any atom is -0.508 e. The van der Waals surface area contributed by atoms with E-state index in [4.69, 9.17) is 0 Å². The van der Waals surface area contributed by atoms with Gasteiger partial charge in [-0.15, -0.1) is 6.58 Å². The van der Waals surface area contributed by atoms with Crippen LogP contribution >= 0.6 is 0 Å². The van der Waals surface area contributed by atoms with Crippen LogP contribution < -0.4 is 0 Å². The van der Waals surface area contributed by atoms with Gasteiger partial charge in [-0.3, -0.25) is 0 Å². The van der Waals surface area contributed by atoms with Crippen LogP contribution in [0.5, 0.6) is 5.75 Å². The maximum absolute atomic E-state index is 11.0. The topological polar surface area (TPSA) is 60.7 Å². The molecule has 1 aromatic carbocycles. The van der Waals surface area contributed by atoms with E-state index < -0.39 is 5.60 Å². The fourth-order valence-electron chi connectivity index (χ4n) is 7.83. The van der Waals surface area contributed by atoms with Crippen LogP contribution in [0, 0.1) is 22.7 Å². The Balaban J connectivity index is 1.64. The van der Waals surface area contributed by atoms with E-state index in [0.717, 1.165) is 64.2 Å². The van der Waals surface area contributed by atoms with E-state index in [2.05, 4.69) is 25.6 Å². The molecule has 2 unspecified atom stereocenters. The van der Waals surface area contributed by atoms with Gasteiger partial charge in [-0.1, -0.05) is 38.3 Å². The van der Waals surface area contributed by atoms with Gasteiger partial charge >= 0.3 is 0 Å². The molecule has 2 saturated carbocycles. The second-order valence-electron chi connectivity index (χ2n) is 11.7. The summed E-state index contributed by atoms with van der Waals surface area (Å²) in [6, 6.07) is 6.00. The van der Waals surface area contributed by atoms with Crippen LogP contribution in [0.25, 0.3) is 0 Å². The highest BCUT2D eigenvalue weighted by molar-refractivity contribution is 5.43. The highest BCUT2D eigenvalue weighted by Crippen LogP contribution is 2.69. The molecule has 0 saturated heterocycles. The summed E-state index contributed by atoms with van der Waals surface area (Å²) in [7, 11) is 0. The third kappa shape index (κ3) is 3.97. The molecule has 1 aromatic rings. The summed E-state index contributed by atoms with van der Waals surface area (Å²) in [5.74, 6) is 1.78. The van der Waals surface area contributed by atoms with Crippen LogP contribution in [0.1, 0.15) is 95.6 Å². The van der Waals surface area contributed by atoms with Crippen molar-refractivity contribution in [2.24, 2.45) is 22.7 Å². The Morgan fingerprint density at radius 2 is 1.97 bits per heavy atom. The number of fused-ring (bicyclic) bond motifs is 5. The van der Waals surface area contributed by atoms with E-state index in [1.165, 1.54) is 11.1 Å². The SMILES string of the molecule is C=CC12CCc3cc(O)ccc3[C@H]1C(CCCCCC(C)(C)O)C[C@]1(C)[C@@H](O)CC[C@@H]21. The van der Waals surface area contributed by atoms with Crippen molar-refractivity contribution in [3.05, 3.63) is 42.0 Å². The predicted octanol–water partition coefficient (Wildman–Crippen LogP) is 6.11. The van der Waals surface area contributed by atoms with Crippen molar-refractivity contribution in [1.82, 2.24) is 0 Å². The van der Waals surface area contributed by atoms with Gasteiger partial charge in [-0.25, -0.2) is 0 Å². The lowest BCUT2D eigenvalue weighted by molar-refractivity contribution is -0.0812. The zero-order chi connectivity index (χ0) is 22.4. The van der Waals surface area contributed by atoms with Gasteiger partial charge in [-0.05, 0) is 111 Å². The van der Waals surface area contributed by atoms with Gasteiger partial charge in [-0.2, -0.15) is 0 Å². The Morgan fingerprint density at radius 3 is 2.68 bits per heavy atom. The molecule has 0 aliphatic heterocycles. The molecule has 0 amide bonds. The van der Waals surface area contributed by atoms with Crippen molar-refractivity contribution in [3.8, 4) is 5.75 Å². The number of aliphatic hydroxyl groups excluding tert-OH is 1. The van der Waals surface area contributed by atoms with Crippen LogP contribution in [-0.4, -0.2) is 27.0 Å². The summed E-state index contributed by atoms with van der Waals surface area (Å²) >= 11 is 0. The average Bonchev–Trinajstić information content (AvgIpc) is 3.01. The van der Waals surface area contributed by atoms with Crippen molar-refractivity contribution < 1.29 is 15.3 Å². The van der Waals surface area contributed by atoms with Gasteiger partial charge in [0.2, 0.25) is 0 Å². The molecule has 0 spiro atoms. The maximum Gasteiger partial charge on any atom is 0.115 e. The molecular weight excluding hydrogens is 384 g/mol. The van der Waals surface area contributed by atoms with Gasteiger partial charge in [0.1, 0.15) is 5.75 Å². The Bertz CT molecular complexity index is 809. The molecular formula is C28H42O3. The Hall–Kier alpha value is -1.32. The third-order valence-corrected chi connectivity index (χ3v) is 9.22. The number of hydrogen-bond donors (Lipinski definition) is 3. The molecule has 3 N–H and O–H groups in total. The summed E-state index contributed by atoms with van der Waals surface area (Å²) in [5.41, 5.74) is 2.13. The fraction of sp³-hybridized carbons (Fsp3) is 0.714. The van der Waals surface area contributed by atoms with Crippen molar-refractivity contribution >= 4 is 0 Å². The number of aromatic hydroxyl groups is 1. The molecule has 3 aliphatic rings. The number of rotatable bonds is 7. The Kier molecular flexibility index (Phi) is 6.07. The molecule has 6 atom stereocenters. The molecule has 172 valence electrons. The molecule has 31 heavy (non-hydrogen) atoms. The highest BCUT2D eigenvalue weighted by Gasteiger charge is 2.63.